The number of benzene rings is 1. The van der Waals surface area contributed by atoms with Crippen LogP contribution in [0.25, 0.3) is 0 Å². The minimum atomic E-state index is -0.353. The second-order valence-corrected chi connectivity index (χ2v) is 5.29. The van der Waals surface area contributed by atoms with Crippen LogP contribution in [0, 0.1) is 5.82 Å². The molecular formula is C12H15BrFNO. The normalized spacial score (nSPS) is 25.7. The molecule has 16 heavy (non-hydrogen) atoms. The van der Waals surface area contributed by atoms with Gasteiger partial charge in [-0.1, -0.05) is 15.9 Å². The van der Waals surface area contributed by atoms with Gasteiger partial charge in [0.2, 0.25) is 0 Å². The van der Waals surface area contributed by atoms with E-state index in [1.54, 1.807) is 6.07 Å². The van der Waals surface area contributed by atoms with Gasteiger partial charge in [0, 0.05) is 16.6 Å². The van der Waals surface area contributed by atoms with Crippen molar-refractivity contribution in [2.75, 3.05) is 13.2 Å². The van der Waals surface area contributed by atoms with E-state index in [1.807, 2.05) is 0 Å². The number of rotatable bonds is 2. The van der Waals surface area contributed by atoms with Gasteiger partial charge in [-0.2, -0.15) is 0 Å². The van der Waals surface area contributed by atoms with Crippen molar-refractivity contribution >= 4 is 15.9 Å². The van der Waals surface area contributed by atoms with Crippen molar-refractivity contribution in [3.63, 3.8) is 0 Å². The Labute approximate surface area is 103 Å². The summed E-state index contributed by atoms with van der Waals surface area (Å²) in [7, 11) is 0. The van der Waals surface area contributed by atoms with Crippen molar-refractivity contribution in [3.05, 3.63) is 34.1 Å². The summed E-state index contributed by atoms with van der Waals surface area (Å²) in [6.45, 7) is 1.33. The lowest BCUT2D eigenvalue weighted by atomic mass is 9.87. The molecule has 1 aliphatic heterocycles. The zero-order valence-corrected chi connectivity index (χ0v) is 10.6. The fourth-order valence-corrected chi connectivity index (χ4v) is 2.46. The molecular weight excluding hydrogens is 273 g/mol. The largest absolute Gasteiger partial charge is 0.380 e. The van der Waals surface area contributed by atoms with Gasteiger partial charge in [-0.15, -0.1) is 0 Å². The molecule has 1 aromatic carbocycles. The Kier molecular flexibility index (Phi) is 3.62. The van der Waals surface area contributed by atoms with E-state index in [9.17, 15) is 4.39 Å². The van der Waals surface area contributed by atoms with Crippen molar-refractivity contribution in [1.29, 1.82) is 0 Å². The molecule has 1 fully saturated rings. The molecule has 2 rings (SSSR count). The molecule has 0 aliphatic carbocycles. The molecule has 4 heteroatoms. The summed E-state index contributed by atoms with van der Waals surface area (Å²) in [5.41, 5.74) is 6.80. The average molecular weight is 288 g/mol. The Balaban J connectivity index is 2.15. The topological polar surface area (TPSA) is 35.2 Å². The fraction of sp³-hybridized carbons (Fsp3) is 0.500. The van der Waals surface area contributed by atoms with Gasteiger partial charge in [0.15, 0.2) is 0 Å². The summed E-state index contributed by atoms with van der Waals surface area (Å²) in [5.74, 6) is -0.224. The smallest absolute Gasteiger partial charge is 0.123 e. The highest BCUT2D eigenvalue weighted by atomic mass is 79.9. The van der Waals surface area contributed by atoms with E-state index in [0.29, 0.717) is 13.0 Å². The molecule has 1 atom stereocenters. The van der Waals surface area contributed by atoms with Gasteiger partial charge >= 0.3 is 0 Å². The standard InChI is InChI=1S/C12H15BrFNO/c13-11-3-2-10(14)6-9(11)7-12(15)4-1-5-16-8-12/h2-3,6H,1,4-5,7-8,15H2. The van der Waals surface area contributed by atoms with Crippen molar-refractivity contribution < 1.29 is 9.13 Å². The maximum absolute atomic E-state index is 13.1. The molecule has 0 spiro atoms. The Hall–Kier alpha value is -0.450. The number of hydrogen-bond donors (Lipinski definition) is 1. The minimum Gasteiger partial charge on any atom is -0.380 e. The van der Waals surface area contributed by atoms with Crippen molar-refractivity contribution in [3.8, 4) is 0 Å². The molecule has 0 bridgehead atoms. The molecule has 1 aliphatic rings. The van der Waals surface area contributed by atoms with Crippen molar-refractivity contribution in [2.45, 2.75) is 24.8 Å². The van der Waals surface area contributed by atoms with E-state index >= 15 is 0 Å². The first-order valence-electron chi connectivity index (χ1n) is 5.40. The monoisotopic (exact) mass is 287 g/mol. The summed E-state index contributed by atoms with van der Waals surface area (Å²) in [5, 5.41) is 0. The van der Waals surface area contributed by atoms with E-state index in [-0.39, 0.29) is 11.4 Å². The van der Waals surface area contributed by atoms with Crippen LogP contribution in [0.2, 0.25) is 0 Å². The van der Waals surface area contributed by atoms with Crippen molar-refractivity contribution in [2.24, 2.45) is 5.73 Å². The Morgan fingerprint density at radius 3 is 3.00 bits per heavy atom. The van der Waals surface area contributed by atoms with Crippen LogP contribution in [0.3, 0.4) is 0 Å². The maximum Gasteiger partial charge on any atom is 0.123 e. The third kappa shape index (κ3) is 2.81. The van der Waals surface area contributed by atoms with Crippen LogP contribution in [0.4, 0.5) is 4.39 Å². The predicted octanol–water partition coefficient (Wildman–Crippen LogP) is 2.64. The van der Waals surface area contributed by atoms with E-state index in [0.717, 1.165) is 29.5 Å². The molecule has 0 radical (unpaired) electrons. The molecule has 1 aromatic rings. The Morgan fingerprint density at radius 2 is 2.31 bits per heavy atom. The van der Waals surface area contributed by atoms with Crippen LogP contribution in [-0.4, -0.2) is 18.8 Å². The van der Waals surface area contributed by atoms with Crippen LogP contribution in [0.5, 0.6) is 0 Å². The molecule has 88 valence electrons. The van der Waals surface area contributed by atoms with Crippen LogP contribution in [-0.2, 0) is 11.2 Å². The second-order valence-electron chi connectivity index (χ2n) is 4.43. The van der Waals surface area contributed by atoms with Gasteiger partial charge in [0.05, 0.1) is 6.61 Å². The minimum absolute atomic E-state index is 0.224. The first-order valence-corrected chi connectivity index (χ1v) is 6.19. The van der Waals surface area contributed by atoms with Gasteiger partial charge in [0.25, 0.3) is 0 Å². The third-order valence-corrected chi connectivity index (χ3v) is 3.68. The lowest BCUT2D eigenvalue weighted by Crippen LogP contribution is -2.49. The Morgan fingerprint density at radius 1 is 1.50 bits per heavy atom. The SMILES string of the molecule is NC1(Cc2cc(F)ccc2Br)CCCOC1. The van der Waals surface area contributed by atoms with E-state index < -0.39 is 0 Å². The molecule has 0 saturated carbocycles. The highest BCUT2D eigenvalue weighted by Gasteiger charge is 2.29. The highest BCUT2D eigenvalue weighted by molar-refractivity contribution is 9.10. The first kappa shape index (κ1) is 12.0. The number of ether oxygens (including phenoxy) is 1. The lowest BCUT2D eigenvalue weighted by molar-refractivity contribution is 0.0381. The van der Waals surface area contributed by atoms with Gasteiger partial charge in [-0.25, -0.2) is 4.39 Å². The van der Waals surface area contributed by atoms with E-state index in [4.69, 9.17) is 10.5 Å². The van der Waals surface area contributed by atoms with Crippen LogP contribution < -0.4 is 5.73 Å². The zero-order valence-electron chi connectivity index (χ0n) is 9.01. The molecule has 0 aromatic heterocycles. The number of hydrogen-bond acceptors (Lipinski definition) is 2. The van der Waals surface area contributed by atoms with Gasteiger partial charge in [-0.05, 0) is 43.0 Å². The quantitative estimate of drug-likeness (QED) is 0.908. The average Bonchev–Trinajstić information content (AvgIpc) is 2.24. The van der Waals surface area contributed by atoms with E-state index in [1.165, 1.54) is 12.1 Å². The maximum atomic E-state index is 13.1. The number of nitrogens with two attached hydrogens (primary N) is 1. The van der Waals surface area contributed by atoms with E-state index in [2.05, 4.69) is 15.9 Å². The summed E-state index contributed by atoms with van der Waals surface area (Å²) in [6.07, 6.45) is 2.55. The van der Waals surface area contributed by atoms with Gasteiger partial charge in [-0.3, -0.25) is 0 Å². The third-order valence-electron chi connectivity index (χ3n) is 2.90. The molecule has 2 nitrogen and oxygen atoms in total. The zero-order chi connectivity index (χ0) is 11.6. The fourth-order valence-electron chi connectivity index (χ4n) is 2.07. The van der Waals surface area contributed by atoms with Crippen LogP contribution in [0.15, 0.2) is 22.7 Å². The number of halogens is 2. The van der Waals surface area contributed by atoms with Gasteiger partial charge < -0.3 is 10.5 Å². The molecule has 1 unspecified atom stereocenters. The molecule has 1 saturated heterocycles. The second kappa shape index (κ2) is 4.82. The summed E-state index contributed by atoms with van der Waals surface area (Å²) >= 11 is 3.42. The molecule has 2 N–H and O–H groups in total. The van der Waals surface area contributed by atoms with Crippen LogP contribution >= 0.6 is 15.9 Å². The summed E-state index contributed by atoms with van der Waals surface area (Å²) in [6, 6.07) is 4.69. The van der Waals surface area contributed by atoms with Crippen molar-refractivity contribution in [1.82, 2.24) is 0 Å². The molecule has 1 heterocycles. The Bertz CT molecular complexity index is 377. The van der Waals surface area contributed by atoms with Crippen LogP contribution in [0.1, 0.15) is 18.4 Å². The summed E-state index contributed by atoms with van der Waals surface area (Å²) < 4.78 is 19.4. The molecule has 0 amide bonds. The predicted molar refractivity (Wildman–Crippen MR) is 64.8 cm³/mol. The van der Waals surface area contributed by atoms with Gasteiger partial charge in [0.1, 0.15) is 5.82 Å². The first-order chi connectivity index (χ1) is 7.59. The highest BCUT2D eigenvalue weighted by Crippen LogP contribution is 2.26. The lowest BCUT2D eigenvalue weighted by Gasteiger charge is -2.33. The summed E-state index contributed by atoms with van der Waals surface area (Å²) in [4.78, 5) is 0.